The smallest absolute Gasteiger partial charge is 0.255 e. The second-order valence-corrected chi connectivity index (χ2v) is 7.72. The van der Waals surface area contributed by atoms with E-state index in [1.807, 2.05) is 66.7 Å². The Hall–Kier alpha value is -3.35. The van der Waals surface area contributed by atoms with E-state index in [1.54, 1.807) is 17.9 Å². The van der Waals surface area contributed by atoms with Crippen LogP contribution in [0.2, 0.25) is 5.02 Å². The van der Waals surface area contributed by atoms with E-state index in [1.165, 1.54) is 0 Å². The highest BCUT2D eigenvalue weighted by atomic mass is 35.5. The number of hydrogen-bond donors (Lipinski definition) is 1. The number of nitrogens with zero attached hydrogens (tertiary/aromatic N) is 2. The first kappa shape index (κ1) is 21.9. The van der Waals surface area contributed by atoms with Crippen LogP contribution in [0, 0.1) is 0 Å². The highest BCUT2D eigenvalue weighted by Gasteiger charge is 2.10. The van der Waals surface area contributed by atoms with Gasteiger partial charge in [-0.2, -0.15) is 0 Å². The van der Waals surface area contributed by atoms with Crippen molar-refractivity contribution >= 4 is 22.5 Å². The molecule has 0 aliphatic carbocycles. The van der Waals surface area contributed by atoms with Gasteiger partial charge in [0.05, 0.1) is 31.1 Å². The Labute approximate surface area is 191 Å². The number of pyridine rings is 2. The lowest BCUT2D eigenvalue weighted by atomic mass is 10.1. The van der Waals surface area contributed by atoms with Crippen molar-refractivity contribution in [2.75, 3.05) is 13.7 Å². The van der Waals surface area contributed by atoms with E-state index in [0.29, 0.717) is 42.6 Å². The van der Waals surface area contributed by atoms with Gasteiger partial charge in [-0.3, -0.25) is 9.78 Å². The summed E-state index contributed by atoms with van der Waals surface area (Å²) in [6.07, 6.45) is 1.68. The molecule has 0 atom stereocenters. The van der Waals surface area contributed by atoms with Crippen molar-refractivity contribution in [1.29, 1.82) is 0 Å². The van der Waals surface area contributed by atoms with Crippen molar-refractivity contribution in [2.24, 2.45) is 0 Å². The molecule has 0 fully saturated rings. The molecule has 0 spiro atoms. The zero-order chi connectivity index (χ0) is 22.3. The fourth-order valence-electron chi connectivity index (χ4n) is 3.49. The molecule has 164 valence electrons. The third kappa shape index (κ3) is 5.28. The van der Waals surface area contributed by atoms with Crippen LogP contribution in [0.15, 0.2) is 77.7 Å². The summed E-state index contributed by atoms with van der Waals surface area (Å²) in [4.78, 5) is 17.6. The average molecular weight is 450 g/mol. The van der Waals surface area contributed by atoms with Crippen LogP contribution < -0.4 is 20.3 Å². The Morgan fingerprint density at radius 3 is 2.59 bits per heavy atom. The second kappa shape index (κ2) is 10.3. The zero-order valence-electron chi connectivity index (χ0n) is 17.8. The normalized spacial score (nSPS) is 10.9. The van der Waals surface area contributed by atoms with Crippen molar-refractivity contribution in [3.05, 3.63) is 99.6 Å². The molecule has 4 rings (SSSR count). The van der Waals surface area contributed by atoms with Gasteiger partial charge in [0.1, 0.15) is 18.1 Å². The molecule has 0 bridgehead atoms. The van der Waals surface area contributed by atoms with Crippen LogP contribution in [-0.4, -0.2) is 23.3 Å². The van der Waals surface area contributed by atoms with Crippen LogP contribution in [0.1, 0.15) is 11.3 Å². The summed E-state index contributed by atoms with van der Waals surface area (Å²) >= 11 is 6.21. The summed E-state index contributed by atoms with van der Waals surface area (Å²) in [5.74, 6) is 1.48. The number of methoxy groups -OCH3 is 1. The number of hydrogen-bond acceptors (Lipinski definition) is 5. The molecule has 32 heavy (non-hydrogen) atoms. The SMILES string of the molecule is COc1ccc(CNCc2cc3ccc(Cl)cc3n(CCOc3ccccc3)c2=O)nc1. The van der Waals surface area contributed by atoms with E-state index >= 15 is 0 Å². The first-order valence-corrected chi connectivity index (χ1v) is 10.7. The van der Waals surface area contributed by atoms with Crippen molar-refractivity contribution in [3.8, 4) is 11.5 Å². The Balaban J connectivity index is 1.52. The van der Waals surface area contributed by atoms with Gasteiger partial charge in [-0.1, -0.05) is 35.9 Å². The van der Waals surface area contributed by atoms with Crippen LogP contribution in [-0.2, 0) is 19.6 Å². The van der Waals surface area contributed by atoms with Gasteiger partial charge in [-0.25, -0.2) is 0 Å². The molecule has 2 aromatic carbocycles. The molecule has 1 N–H and O–H groups in total. The summed E-state index contributed by atoms with van der Waals surface area (Å²) < 4.78 is 12.7. The number of ether oxygens (including phenoxy) is 2. The summed E-state index contributed by atoms with van der Waals surface area (Å²) in [5, 5.41) is 4.85. The first-order chi connectivity index (χ1) is 15.6. The lowest BCUT2D eigenvalue weighted by molar-refractivity contribution is 0.298. The number of para-hydroxylation sites is 1. The summed E-state index contributed by atoms with van der Waals surface area (Å²) in [6, 6.07) is 20.8. The third-order valence-corrected chi connectivity index (χ3v) is 5.35. The minimum atomic E-state index is -0.0633. The highest BCUT2D eigenvalue weighted by Crippen LogP contribution is 2.19. The number of fused-ring (bicyclic) bond motifs is 1. The molecule has 0 saturated heterocycles. The van der Waals surface area contributed by atoms with Crippen LogP contribution in [0.25, 0.3) is 10.9 Å². The fourth-order valence-corrected chi connectivity index (χ4v) is 3.65. The Morgan fingerprint density at radius 2 is 1.84 bits per heavy atom. The van der Waals surface area contributed by atoms with Crippen molar-refractivity contribution in [3.63, 3.8) is 0 Å². The molecule has 6 nitrogen and oxygen atoms in total. The Morgan fingerprint density at radius 1 is 1.00 bits per heavy atom. The molecule has 0 amide bonds. The molecule has 0 aliphatic heterocycles. The molecule has 0 aliphatic rings. The van der Waals surface area contributed by atoms with E-state index in [-0.39, 0.29) is 5.56 Å². The summed E-state index contributed by atoms with van der Waals surface area (Å²) in [7, 11) is 1.61. The standard InChI is InChI=1S/C25H24ClN3O3/c1-31-23-10-9-21(28-17-23)16-27-15-19-13-18-7-8-20(26)14-24(18)29(25(19)30)11-12-32-22-5-3-2-4-6-22/h2-10,13-14,17,27H,11-12,15-16H2,1H3. The number of benzene rings is 2. The molecule has 2 heterocycles. The van der Waals surface area contributed by atoms with E-state index in [2.05, 4.69) is 10.3 Å². The van der Waals surface area contributed by atoms with Crippen molar-refractivity contribution in [2.45, 2.75) is 19.6 Å². The van der Waals surface area contributed by atoms with Crippen LogP contribution >= 0.6 is 11.6 Å². The van der Waals surface area contributed by atoms with Gasteiger partial charge in [-0.15, -0.1) is 0 Å². The quantitative estimate of drug-likeness (QED) is 0.409. The predicted molar refractivity (Wildman–Crippen MR) is 126 cm³/mol. The van der Waals surface area contributed by atoms with Gasteiger partial charge in [0.15, 0.2) is 0 Å². The highest BCUT2D eigenvalue weighted by molar-refractivity contribution is 6.31. The number of nitrogens with one attached hydrogen (secondary N) is 1. The Bertz CT molecular complexity index is 1240. The van der Waals surface area contributed by atoms with Gasteiger partial charge in [0, 0.05) is 23.7 Å². The maximum atomic E-state index is 13.3. The van der Waals surface area contributed by atoms with E-state index < -0.39 is 0 Å². The molecule has 4 aromatic rings. The minimum absolute atomic E-state index is 0.0633. The molecule has 0 radical (unpaired) electrons. The van der Waals surface area contributed by atoms with Crippen LogP contribution in [0.5, 0.6) is 11.5 Å². The van der Waals surface area contributed by atoms with Gasteiger partial charge < -0.3 is 19.4 Å². The predicted octanol–water partition coefficient (Wildman–Crippen LogP) is 4.43. The van der Waals surface area contributed by atoms with Gasteiger partial charge in [0.25, 0.3) is 5.56 Å². The topological polar surface area (TPSA) is 65.4 Å². The van der Waals surface area contributed by atoms with E-state index in [9.17, 15) is 4.79 Å². The first-order valence-electron chi connectivity index (χ1n) is 10.3. The number of rotatable bonds is 9. The van der Waals surface area contributed by atoms with Gasteiger partial charge >= 0.3 is 0 Å². The number of halogens is 1. The van der Waals surface area contributed by atoms with Crippen molar-refractivity contribution in [1.82, 2.24) is 14.9 Å². The van der Waals surface area contributed by atoms with E-state index in [0.717, 1.165) is 22.3 Å². The average Bonchev–Trinajstić information content (AvgIpc) is 2.82. The lowest BCUT2D eigenvalue weighted by Gasteiger charge is -2.14. The second-order valence-electron chi connectivity index (χ2n) is 7.28. The lowest BCUT2D eigenvalue weighted by Crippen LogP contribution is -2.29. The summed E-state index contributed by atoms with van der Waals surface area (Å²) in [6.45, 7) is 1.75. The molecular formula is C25H24ClN3O3. The maximum Gasteiger partial charge on any atom is 0.255 e. The molecule has 0 saturated carbocycles. The molecule has 0 unspecified atom stereocenters. The Kier molecular flexibility index (Phi) is 7.04. The van der Waals surface area contributed by atoms with Crippen molar-refractivity contribution < 1.29 is 9.47 Å². The van der Waals surface area contributed by atoms with E-state index in [4.69, 9.17) is 21.1 Å². The minimum Gasteiger partial charge on any atom is -0.495 e. The number of aromatic nitrogens is 2. The maximum absolute atomic E-state index is 13.3. The van der Waals surface area contributed by atoms with Crippen LogP contribution in [0.4, 0.5) is 0 Å². The molecular weight excluding hydrogens is 426 g/mol. The summed E-state index contributed by atoms with van der Waals surface area (Å²) in [5.41, 5.74) is 2.27. The molecule has 7 heteroatoms. The van der Waals surface area contributed by atoms with Crippen LogP contribution in [0.3, 0.4) is 0 Å². The zero-order valence-corrected chi connectivity index (χ0v) is 18.5. The largest absolute Gasteiger partial charge is 0.495 e. The fraction of sp³-hybridized carbons (Fsp3) is 0.200. The molecule has 2 aromatic heterocycles. The third-order valence-electron chi connectivity index (χ3n) is 5.11. The monoisotopic (exact) mass is 449 g/mol. The van der Waals surface area contributed by atoms with Gasteiger partial charge in [0.2, 0.25) is 0 Å². The van der Waals surface area contributed by atoms with Gasteiger partial charge in [-0.05, 0) is 47.9 Å².